The highest BCUT2D eigenvalue weighted by molar-refractivity contribution is 5.90. The van der Waals surface area contributed by atoms with Crippen molar-refractivity contribution in [1.29, 1.82) is 0 Å². The maximum absolute atomic E-state index is 13.4. The maximum Gasteiger partial charge on any atom is 0.227 e. The first kappa shape index (κ1) is 15.0. The maximum atomic E-state index is 13.4. The van der Waals surface area contributed by atoms with Crippen LogP contribution in [0, 0.1) is 19.7 Å². The van der Waals surface area contributed by atoms with Gasteiger partial charge in [0.2, 0.25) is 5.91 Å². The fraction of sp³-hybridized carbons (Fsp3) is 0.235. The average Bonchev–Trinajstić information content (AvgIpc) is 2.44. The van der Waals surface area contributed by atoms with Gasteiger partial charge in [-0.15, -0.1) is 0 Å². The van der Waals surface area contributed by atoms with E-state index in [0.29, 0.717) is 0 Å². The van der Waals surface area contributed by atoms with Crippen LogP contribution < -0.4 is 10.1 Å². The van der Waals surface area contributed by atoms with Gasteiger partial charge < -0.3 is 10.1 Å². The van der Waals surface area contributed by atoms with Crippen LogP contribution in [0.25, 0.3) is 0 Å². The summed E-state index contributed by atoms with van der Waals surface area (Å²) < 4.78 is 19.0. The first-order valence-corrected chi connectivity index (χ1v) is 6.80. The molecule has 0 aliphatic carbocycles. The van der Waals surface area contributed by atoms with E-state index >= 15 is 0 Å². The molecule has 2 aromatic rings. The molecule has 0 unspecified atom stereocenters. The Morgan fingerprint density at radius 1 is 1.19 bits per heavy atom. The Hall–Kier alpha value is -2.36. The van der Waals surface area contributed by atoms with Crippen molar-refractivity contribution >= 4 is 11.6 Å². The summed E-state index contributed by atoms with van der Waals surface area (Å²) in [5.74, 6) is 0.0466. The van der Waals surface area contributed by atoms with Crippen LogP contribution in [-0.2, 0) is 4.79 Å². The van der Waals surface area contributed by atoms with Crippen molar-refractivity contribution in [2.75, 3.05) is 11.9 Å². The highest BCUT2D eigenvalue weighted by atomic mass is 19.1. The number of carbonyl (C=O) groups is 1. The number of amides is 1. The molecule has 0 aliphatic heterocycles. The van der Waals surface area contributed by atoms with Gasteiger partial charge in [-0.3, -0.25) is 4.79 Å². The second kappa shape index (κ2) is 6.88. The first-order valence-electron chi connectivity index (χ1n) is 6.80. The lowest BCUT2D eigenvalue weighted by molar-refractivity contribution is -0.116. The molecule has 0 heterocycles. The van der Waals surface area contributed by atoms with E-state index in [1.807, 2.05) is 32.0 Å². The molecule has 1 N–H and O–H groups in total. The molecular weight excluding hydrogens is 269 g/mol. The molecular formula is C17H18FNO2. The lowest BCUT2D eigenvalue weighted by Crippen LogP contribution is -2.16. The van der Waals surface area contributed by atoms with Crippen molar-refractivity contribution in [3.63, 3.8) is 0 Å². The molecule has 0 spiro atoms. The average molecular weight is 287 g/mol. The van der Waals surface area contributed by atoms with Crippen LogP contribution in [-0.4, -0.2) is 12.5 Å². The fourth-order valence-electron chi connectivity index (χ4n) is 1.99. The highest BCUT2D eigenvalue weighted by Crippen LogP contribution is 2.19. The Balaban J connectivity index is 1.83. The minimum Gasteiger partial charge on any atom is -0.493 e. The molecule has 0 saturated heterocycles. The first-order chi connectivity index (χ1) is 10.1. The van der Waals surface area contributed by atoms with Crippen molar-refractivity contribution in [3.05, 3.63) is 59.4 Å². The molecule has 0 bridgehead atoms. The minimum absolute atomic E-state index is 0.168. The number of rotatable bonds is 5. The molecule has 0 aliphatic rings. The number of para-hydroxylation sites is 1. The SMILES string of the molecule is Cc1ccc(OCCC(=O)Nc2ccccc2F)c(C)c1. The number of hydrogen-bond donors (Lipinski definition) is 1. The monoisotopic (exact) mass is 287 g/mol. The van der Waals surface area contributed by atoms with E-state index < -0.39 is 5.82 Å². The summed E-state index contributed by atoms with van der Waals surface area (Å²) in [6.07, 6.45) is 0.168. The molecule has 110 valence electrons. The third kappa shape index (κ3) is 4.31. The number of halogens is 1. The molecule has 0 saturated carbocycles. The largest absolute Gasteiger partial charge is 0.493 e. The van der Waals surface area contributed by atoms with Gasteiger partial charge in [-0.2, -0.15) is 0 Å². The molecule has 0 fully saturated rings. The molecule has 3 nitrogen and oxygen atoms in total. The smallest absolute Gasteiger partial charge is 0.227 e. The van der Waals surface area contributed by atoms with E-state index in [1.165, 1.54) is 12.1 Å². The lowest BCUT2D eigenvalue weighted by Gasteiger charge is -2.10. The number of nitrogens with one attached hydrogen (secondary N) is 1. The Morgan fingerprint density at radius 2 is 1.95 bits per heavy atom. The van der Waals surface area contributed by atoms with Crippen molar-refractivity contribution in [3.8, 4) is 5.75 Å². The van der Waals surface area contributed by atoms with Gasteiger partial charge in [-0.25, -0.2) is 4.39 Å². The predicted molar refractivity (Wildman–Crippen MR) is 81.1 cm³/mol. The zero-order chi connectivity index (χ0) is 15.2. The van der Waals surface area contributed by atoms with Gasteiger partial charge in [-0.1, -0.05) is 29.8 Å². The van der Waals surface area contributed by atoms with Gasteiger partial charge in [0.25, 0.3) is 0 Å². The summed E-state index contributed by atoms with van der Waals surface area (Å²) in [5.41, 5.74) is 2.38. The quantitative estimate of drug-likeness (QED) is 0.907. The lowest BCUT2D eigenvalue weighted by atomic mass is 10.1. The van der Waals surface area contributed by atoms with Crippen LogP contribution in [0.1, 0.15) is 17.5 Å². The molecule has 4 heteroatoms. The van der Waals surface area contributed by atoms with Gasteiger partial charge in [0.05, 0.1) is 18.7 Å². The predicted octanol–water partition coefficient (Wildman–Crippen LogP) is 3.85. The van der Waals surface area contributed by atoms with Crippen molar-refractivity contribution in [2.45, 2.75) is 20.3 Å². The Bertz CT molecular complexity index is 640. The van der Waals surface area contributed by atoms with Crippen LogP contribution in [0.4, 0.5) is 10.1 Å². The molecule has 2 rings (SSSR count). The molecule has 1 amide bonds. The summed E-state index contributed by atoms with van der Waals surface area (Å²) in [4.78, 5) is 11.7. The zero-order valence-corrected chi connectivity index (χ0v) is 12.2. The van der Waals surface area contributed by atoms with Gasteiger partial charge in [-0.05, 0) is 37.6 Å². The van der Waals surface area contributed by atoms with Crippen molar-refractivity contribution < 1.29 is 13.9 Å². The third-order valence-corrected chi connectivity index (χ3v) is 3.07. The summed E-state index contributed by atoms with van der Waals surface area (Å²) in [6.45, 7) is 4.23. The summed E-state index contributed by atoms with van der Waals surface area (Å²) >= 11 is 0. The Kier molecular flexibility index (Phi) is 4.93. The summed E-state index contributed by atoms with van der Waals surface area (Å²) in [7, 11) is 0. The van der Waals surface area contributed by atoms with E-state index in [1.54, 1.807) is 12.1 Å². The summed E-state index contributed by atoms with van der Waals surface area (Å²) in [6, 6.07) is 12.0. The van der Waals surface area contributed by atoms with E-state index in [2.05, 4.69) is 5.32 Å². The second-order valence-electron chi connectivity index (χ2n) is 4.90. The van der Waals surface area contributed by atoms with Gasteiger partial charge >= 0.3 is 0 Å². The van der Waals surface area contributed by atoms with E-state index in [-0.39, 0.29) is 24.6 Å². The number of hydrogen-bond acceptors (Lipinski definition) is 2. The van der Waals surface area contributed by atoms with Gasteiger partial charge in [0, 0.05) is 0 Å². The minimum atomic E-state index is -0.443. The van der Waals surface area contributed by atoms with Gasteiger partial charge in [0.15, 0.2) is 0 Å². The van der Waals surface area contributed by atoms with Crippen molar-refractivity contribution in [1.82, 2.24) is 0 Å². The molecule has 2 aromatic carbocycles. The molecule has 0 aromatic heterocycles. The third-order valence-electron chi connectivity index (χ3n) is 3.07. The number of benzene rings is 2. The standard InChI is InChI=1S/C17H18FNO2/c1-12-7-8-16(13(2)11-12)21-10-9-17(20)19-15-6-4-3-5-14(15)18/h3-8,11H,9-10H2,1-2H3,(H,19,20). The molecule has 0 radical (unpaired) electrons. The van der Waals surface area contributed by atoms with Crippen molar-refractivity contribution in [2.24, 2.45) is 0 Å². The molecule has 21 heavy (non-hydrogen) atoms. The van der Waals surface area contributed by atoms with E-state index in [4.69, 9.17) is 4.74 Å². The Labute approximate surface area is 123 Å². The van der Waals surface area contributed by atoms with Crippen LogP contribution in [0.3, 0.4) is 0 Å². The highest BCUT2D eigenvalue weighted by Gasteiger charge is 2.07. The van der Waals surface area contributed by atoms with Crippen LogP contribution in [0.2, 0.25) is 0 Å². The topological polar surface area (TPSA) is 38.3 Å². The number of carbonyl (C=O) groups excluding carboxylic acids is 1. The van der Waals surface area contributed by atoms with Crippen LogP contribution >= 0.6 is 0 Å². The normalized spacial score (nSPS) is 10.2. The van der Waals surface area contributed by atoms with E-state index in [9.17, 15) is 9.18 Å². The van der Waals surface area contributed by atoms with E-state index in [0.717, 1.165) is 16.9 Å². The van der Waals surface area contributed by atoms with Crippen LogP contribution in [0.15, 0.2) is 42.5 Å². The van der Waals surface area contributed by atoms with Gasteiger partial charge in [0.1, 0.15) is 11.6 Å². The summed E-state index contributed by atoms with van der Waals surface area (Å²) in [5, 5.41) is 2.53. The number of anilines is 1. The fourth-order valence-corrected chi connectivity index (χ4v) is 1.99. The van der Waals surface area contributed by atoms with Crippen LogP contribution in [0.5, 0.6) is 5.75 Å². The second-order valence-corrected chi connectivity index (χ2v) is 4.90. The number of ether oxygens (including phenoxy) is 1. The number of aryl methyl sites for hydroxylation is 2. The Morgan fingerprint density at radius 3 is 2.67 bits per heavy atom. The molecule has 0 atom stereocenters. The zero-order valence-electron chi connectivity index (χ0n) is 12.2.